The molecule has 0 radical (unpaired) electrons. The molecule has 1 aromatic heterocycles. The molecule has 0 bridgehead atoms. The van der Waals surface area contributed by atoms with Crippen molar-refractivity contribution in [1.29, 1.82) is 0 Å². The van der Waals surface area contributed by atoms with Gasteiger partial charge in [0.05, 0.1) is 6.42 Å². The lowest BCUT2D eigenvalue weighted by Crippen LogP contribution is -2.14. The van der Waals surface area contributed by atoms with E-state index in [1.54, 1.807) is 11.3 Å². The summed E-state index contributed by atoms with van der Waals surface area (Å²) in [4.78, 5) is 13.3. The largest absolute Gasteiger partial charge is 0.325 e. The lowest BCUT2D eigenvalue weighted by molar-refractivity contribution is -0.115. The molecule has 3 rings (SSSR count). The number of hydrogen-bond acceptors (Lipinski definition) is 2. The molecule has 110 valence electrons. The van der Waals surface area contributed by atoms with E-state index < -0.39 is 0 Å². The highest BCUT2D eigenvalue weighted by atomic mass is 32.1. The van der Waals surface area contributed by atoms with Gasteiger partial charge in [-0.3, -0.25) is 4.79 Å². The molecule has 0 atom stereocenters. The summed E-state index contributed by atoms with van der Waals surface area (Å²) in [6, 6.07) is 20.2. The number of anilines is 1. The highest BCUT2D eigenvalue weighted by molar-refractivity contribution is 7.10. The molecule has 2 aromatic carbocycles. The van der Waals surface area contributed by atoms with Gasteiger partial charge in [0.25, 0.3) is 0 Å². The lowest BCUT2D eigenvalue weighted by Gasteiger charge is -2.12. The molecule has 2 nitrogen and oxygen atoms in total. The SMILES string of the molecule is Cc1ccc(NC(=O)Cc2cccs2)c(-c2ccccc2)c1. The Labute approximate surface area is 134 Å². The zero-order valence-corrected chi connectivity index (χ0v) is 13.2. The number of thiophene rings is 1. The van der Waals surface area contributed by atoms with Crippen molar-refractivity contribution in [1.82, 2.24) is 0 Å². The second kappa shape index (κ2) is 6.58. The molecule has 0 unspecified atom stereocenters. The number of benzene rings is 2. The number of carbonyl (C=O) groups excluding carboxylic acids is 1. The Morgan fingerprint density at radius 2 is 1.86 bits per heavy atom. The monoisotopic (exact) mass is 307 g/mol. The molecule has 0 fully saturated rings. The highest BCUT2D eigenvalue weighted by Gasteiger charge is 2.10. The molecule has 0 aliphatic heterocycles. The van der Waals surface area contributed by atoms with Crippen LogP contribution in [0.5, 0.6) is 0 Å². The molecule has 0 saturated carbocycles. The van der Waals surface area contributed by atoms with E-state index in [0.29, 0.717) is 6.42 Å². The fourth-order valence-electron chi connectivity index (χ4n) is 2.39. The standard InChI is InChI=1S/C19H17NOS/c1-14-9-10-18(17(12-14)15-6-3-2-4-7-15)20-19(21)13-16-8-5-11-22-16/h2-12H,13H2,1H3,(H,20,21). The molecule has 3 aromatic rings. The van der Waals surface area contributed by atoms with Gasteiger partial charge in [0, 0.05) is 16.1 Å². The summed E-state index contributed by atoms with van der Waals surface area (Å²) < 4.78 is 0. The normalized spacial score (nSPS) is 10.4. The Morgan fingerprint density at radius 1 is 1.05 bits per heavy atom. The van der Waals surface area contributed by atoms with E-state index in [2.05, 4.69) is 30.4 Å². The van der Waals surface area contributed by atoms with Gasteiger partial charge in [0.15, 0.2) is 0 Å². The second-order valence-electron chi connectivity index (χ2n) is 5.22. The molecule has 1 heterocycles. The van der Waals surface area contributed by atoms with E-state index in [9.17, 15) is 4.79 Å². The predicted molar refractivity (Wildman–Crippen MR) is 93.3 cm³/mol. The van der Waals surface area contributed by atoms with Crippen LogP contribution < -0.4 is 5.32 Å². The van der Waals surface area contributed by atoms with Crippen LogP contribution in [-0.2, 0) is 11.2 Å². The smallest absolute Gasteiger partial charge is 0.229 e. The van der Waals surface area contributed by atoms with E-state index in [-0.39, 0.29) is 5.91 Å². The first-order chi connectivity index (χ1) is 10.7. The molecule has 1 N–H and O–H groups in total. The number of aryl methyl sites for hydroxylation is 1. The third-order valence-corrected chi connectivity index (χ3v) is 4.33. The fraction of sp³-hybridized carbons (Fsp3) is 0.105. The third kappa shape index (κ3) is 3.43. The van der Waals surface area contributed by atoms with Crippen molar-refractivity contribution in [3.63, 3.8) is 0 Å². The zero-order chi connectivity index (χ0) is 15.4. The van der Waals surface area contributed by atoms with Gasteiger partial charge in [-0.1, -0.05) is 48.0 Å². The van der Waals surface area contributed by atoms with Crippen LogP contribution in [0.1, 0.15) is 10.4 Å². The summed E-state index contributed by atoms with van der Waals surface area (Å²) >= 11 is 1.60. The quantitative estimate of drug-likeness (QED) is 0.729. The molecule has 22 heavy (non-hydrogen) atoms. The van der Waals surface area contributed by atoms with Gasteiger partial charge in [-0.2, -0.15) is 0 Å². The predicted octanol–water partition coefficient (Wildman–Crippen LogP) is 4.90. The van der Waals surface area contributed by atoms with Crippen LogP contribution in [0.2, 0.25) is 0 Å². The molecule has 3 heteroatoms. The number of rotatable bonds is 4. The van der Waals surface area contributed by atoms with E-state index in [1.807, 2.05) is 47.8 Å². The van der Waals surface area contributed by atoms with E-state index in [1.165, 1.54) is 5.56 Å². The maximum Gasteiger partial charge on any atom is 0.229 e. The Bertz CT molecular complexity index is 763. The molecule has 1 amide bonds. The fourth-order valence-corrected chi connectivity index (χ4v) is 3.09. The lowest BCUT2D eigenvalue weighted by atomic mass is 10.0. The summed E-state index contributed by atoms with van der Waals surface area (Å²) in [6.45, 7) is 2.06. The van der Waals surface area contributed by atoms with Crippen molar-refractivity contribution in [2.75, 3.05) is 5.32 Å². The maximum absolute atomic E-state index is 12.2. The van der Waals surface area contributed by atoms with Crippen molar-refractivity contribution >= 4 is 22.9 Å². The summed E-state index contributed by atoms with van der Waals surface area (Å²) in [7, 11) is 0. The minimum absolute atomic E-state index is 0.0171. The average molecular weight is 307 g/mol. The van der Waals surface area contributed by atoms with Gasteiger partial charge in [-0.15, -0.1) is 11.3 Å². The third-order valence-electron chi connectivity index (χ3n) is 3.45. The first-order valence-electron chi connectivity index (χ1n) is 7.21. The van der Waals surface area contributed by atoms with Crippen molar-refractivity contribution in [2.24, 2.45) is 0 Å². The van der Waals surface area contributed by atoms with Gasteiger partial charge in [-0.25, -0.2) is 0 Å². The van der Waals surface area contributed by atoms with Crippen LogP contribution >= 0.6 is 11.3 Å². The molecule has 0 spiro atoms. The van der Waals surface area contributed by atoms with Crippen molar-refractivity contribution < 1.29 is 4.79 Å². The zero-order valence-electron chi connectivity index (χ0n) is 12.4. The van der Waals surface area contributed by atoms with Gasteiger partial charge in [0.2, 0.25) is 5.91 Å². The van der Waals surface area contributed by atoms with Crippen LogP contribution in [0, 0.1) is 6.92 Å². The van der Waals surface area contributed by atoms with Crippen molar-refractivity contribution in [3.05, 3.63) is 76.5 Å². The van der Waals surface area contributed by atoms with E-state index in [0.717, 1.165) is 21.7 Å². The number of nitrogens with one attached hydrogen (secondary N) is 1. The van der Waals surface area contributed by atoms with Crippen LogP contribution in [-0.4, -0.2) is 5.91 Å². The van der Waals surface area contributed by atoms with Crippen LogP contribution in [0.25, 0.3) is 11.1 Å². The van der Waals surface area contributed by atoms with Crippen LogP contribution in [0.4, 0.5) is 5.69 Å². The number of hydrogen-bond donors (Lipinski definition) is 1. The molecule has 0 aliphatic carbocycles. The minimum Gasteiger partial charge on any atom is -0.325 e. The van der Waals surface area contributed by atoms with E-state index in [4.69, 9.17) is 0 Å². The molecular weight excluding hydrogens is 290 g/mol. The Kier molecular flexibility index (Phi) is 4.35. The van der Waals surface area contributed by atoms with Gasteiger partial charge < -0.3 is 5.32 Å². The van der Waals surface area contributed by atoms with Gasteiger partial charge in [-0.05, 0) is 36.1 Å². The highest BCUT2D eigenvalue weighted by Crippen LogP contribution is 2.29. The van der Waals surface area contributed by atoms with Crippen molar-refractivity contribution in [2.45, 2.75) is 13.3 Å². The minimum atomic E-state index is 0.0171. The Morgan fingerprint density at radius 3 is 2.59 bits per heavy atom. The first-order valence-corrected chi connectivity index (χ1v) is 8.08. The van der Waals surface area contributed by atoms with Gasteiger partial charge in [0.1, 0.15) is 0 Å². The Hall–Kier alpha value is -2.39. The summed E-state index contributed by atoms with van der Waals surface area (Å²) in [5.41, 5.74) is 4.20. The summed E-state index contributed by atoms with van der Waals surface area (Å²) in [5, 5.41) is 5.03. The van der Waals surface area contributed by atoms with E-state index >= 15 is 0 Å². The topological polar surface area (TPSA) is 29.1 Å². The molecular formula is C19H17NOS. The summed E-state index contributed by atoms with van der Waals surface area (Å²) in [6.07, 6.45) is 0.416. The second-order valence-corrected chi connectivity index (χ2v) is 6.25. The summed E-state index contributed by atoms with van der Waals surface area (Å²) in [5.74, 6) is 0.0171. The van der Waals surface area contributed by atoms with Crippen molar-refractivity contribution in [3.8, 4) is 11.1 Å². The van der Waals surface area contributed by atoms with Gasteiger partial charge >= 0.3 is 0 Å². The van der Waals surface area contributed by atoms with Crippen LogP contribution in [0.15, 0.2) is 66.0 Å². The average Bonchev–Trinajstić information content (AvgIpc) is 3.03. The maximum atomic E-state index is 12.2. The molecule has 0 aliphatic rings. The Balaban J connectivity index is 1.86. The first kappa shape index (κ1) is 14.5. The number of amides is 1. The van der Waals surface area contributed by atoms with Crippen LogP contribution in [0.3, 0.4) is 0 Å². The molecule has 0 saturated heterocycles. The number of carbonyl (C=O) groups is 1.